The number of benzene rings is 1. The highest BCUT2D eigenvalue weighted by Gasteiger charge is 2.33. The van der Waals surface area contributed by atoms with Gasteiger partial charge in [0.2, 0.25) is 21.8 Å². The van der Waals surface area contributed by atoms with Crippen LogP contribution in [-0.4, -0.2) is 32.3 Å². The second-order valence-electron chi connectivity index (χ2n) is 5.53. The molecule has 0 spiro atoms. The van der Waals surface area contributed by atoms with Crippen molar-refractivity contribution < 1.29 is 22.8 Å². The van der Waals surface area contributed by atoms with Crippen molar-refractivity contribution in [2.24, 2.45) is 11.1 Å². The zero-order valence-corrected chi connectivity index (χ0v) is 13.7. The standard InChI is InChI=1S/C14H18N4O5S/c1-8-11(13(20)18-14(21)17-8)6-12(19)16-7-9-2-4-10(5-3-9)24(15,22)23/h2-5,8,11H,6-7H2,1H3,(H,16,19)(H2,15,22,23)(H2,17,18,20,21). The first-order valence-corrected chi connectivity index (χ1v) is 8.71. The molecule has 0 aliphatic carbocycles. The molecule has 2 atom stereocenters. The Morgan fingerprint density at radius 3 is 2.42 bits per heavy atom. The first-order valence-electron chi connectivity index (χ1n) is 7.16. The van der Waals surface area contributed by atoms with Gasteiger partial charge in [0.15, 0.2) is 0 Å². The van der Waals surface area contributed by atoms with Gasteiger partial charge in [-0.1, -0.05) is 12.1 Å². The van der Waals surface area contributed by atoms with E-state index in [4.69, 9.17) is 5.14 Å². The number of nitrogens with one attached hydrogen (secondary N) is 3. The van der Waals surface area contributed by atoms with Crippen molar-refractivity contribution in [3.63, 3.8) is 0 Å². The third kappa shape index (κ3) is 4.52. The molecule has 4 amide bonds. The predicted molar refractivity (Wildman–Crippen MR) is 83.9 cm³/mol. The van der Waals surface area contributed by atoms with E-state index >= 15 is 0 Å². The highest BCUT2D eigenvalue weighted by Crippen LogP contribution is 2.13. The minimum atomic E-state index is -3.75. The Morgan fingerprint density at radius 1 is 1.25 bits per heavy atom. The summed E-state index contributed by atoms with van der Waals surface area (Å²) in [7, 11) is -3.75. The summed E-state index contributed by atoms with van der Waals surface area (Å²) in [5.74, 6) is -1.49. The Hall–Kier alpha value is -2.46. The van der Waals surface area contributed by atoms with Crippen molar-refractivity contribution in [2.75, 3.05) is 0 Å². The Bertz CT molecular complexity index is 760. The minimum Gasteiger partial charge on any atom is -0.352 e. The maximum atomic E-state index is 12.0. The van der Waals surface area contributed by atoms with Crippen LogP contribution in [0.1, 0.15) is 18.9 Å². The quantitative estimate of drug-likeness (QED) is 0.545. The molecule has 24 heavy (non-hydrogen) atoms. The fourth-order valence-electron chi connectivity index (χ4n) is 2.31. The molecule has 1 aromatic rings. The van der Waals surface area contributed by atoms with Crippen molar-refractivity contribution >= 4 is 27.9 Å². The summed E-state index contributed by atoms with van der Waals surface area (Å²) in [6, 6.07) is 4.77. The number of urea groups is 1. The van der Waals surface area contributed by atoms with Crippen LogP contribution in [0.15, 0.2) is 29.2 Å². The number of primary sulfonamides is 1. The Kier molecular flexibility index (Phi) is 5.20. The van der Waals surface area contributed by atoms with Crippen LogP contribution in [0.2, 0.25) is 0 Å². The smallest absolute Gasteiger partial charge is 0.321 e. The van der Waals surface area contributed by atoms with Gasteiger partial charge in [-0.15, -0.1) is 0 Å². The summed E-state index contributed by atoms with van der Waals surface area (Å²) in [5, 5.41) is 12.3. The Labute approximate surface area is 139 Å². The van der Waals surface area contributed by atoms with E-state index in [1.165, 1.54) is 24.3 Å². The number of hydrogen-bond donors (Lipinski definition) is 4. The average molecular weight is 354 g/mol. The van der Waals surface area contributed by atoms with E-state index in [0.29, 0.717) is 5.56 Å². The lowest BCUT2D eigenvalue weighted by molar-refractivity contribution is -0.131. The molecule has 1 aliphatic heterocycles. The van der Waals surface area contributed by atoms with Gasteiger partial charge < -0.3 is 10.6 Å². The highest BCUT2D eigenvalue weighted by molar-refractivity contribution is 7.89. The third-order valence-electron chi connectivity index (χ3n) is 3.68. The molecule has 0 aromatic heterocycles. The largest absolute Gasteiger partial charge is 0.352 e. The fraction of sp³-hybridized carbons (Fsp3) is 0.357. The van der Waals surface area contributed by atoms with E-state index in [0.717, 1.165) is 0 Å². The number of sulfonamides is 1. The first kappa shape index (κ1) is 17.9. The molecule has 1 heterocycles. The Morgan fingerprint density at radius 2 is 1.88 bits per heavy atom. The average Bonchev–Trinajstić information content (AvgIpc) is 2.48. The van der Waals surface area contributed by atoms with Crippen molar-refractivity contribution in [1.29, 1.82) is 0 Å². The topological polar surface area (TPSA) is 147 Å². The van der Waals surface area contributed by atoms with Crippen LogP contribution in [0.5, 0.6) is 0 Å². The molecule has 0 bridgehead atoms. The van der Waals surface area contributed by atoms with Crippen molar-refractivity contribution in [2.45, 2.75) is 30.8 Å². The van der Waals surface area contributed by atoms with Crippen LogP contribution < -0.4 is 21.1 Å². The summed E-state index contributed by atoms with van der Waals surface area (Å²) >= 11 is 0. The number of nitrogens with two attached hydrogens (primary N) is 1. The predicted octanol–water partition coefficient (Wildman–Crippen LogP) is -0.816. The fourth-order valence-corrected chi connectivity index (χ4v) is 2.83. The van der Waals surface area contributed by atoms with Gasteiger partial charge in [-0.05, 0) is 24.6 Å². The molecule has 1 saturated heterocycles. The first-order chi connectivity index (χ1) is 11.2. The Balaban J connectivity index is 1.89. The van der Waals surface area contributed by atoms with E-state index in [9.17, 15) is 22.8 Å². The van der Waals surface area contributed by atoms with Crippen LogP contribution in [0.4, 0.5) is 4.79 Å². The van der Waals surface area contributed by atoms with E-state index in [1.54, 1.807) is 6.92 Å². The number of carbonyl (C=O) groups is 3. The molecule has 1 aliphatic rings. The van der Waals surface area contributed by atoms with Gasteiger partial charge in [-0.2, -0.15) is 0 Å². The monoisotopic (exact) mass is 354 g/mol. The zero-order chi connectivity index (χ0) is 17.9. The van der Waals surface area contributed by atoms with Gasteiger partial charge in [0.25, 0.3) is 0 Å². The lowest BCUT2D eigenvalue weighted by atomic mass is 9.94. The lowest BCUT2D eigenvalue weighted by Crippen LogP contribution is -2.57. The molecule has 1 fully saturated rings. The zero-order valence-electron chi connectivity index (χ0n) is 12.9. The van der Waals surface area contributed by atoms with Crippen molar-refractivity contribution in [3.05, 3.63) is 29.8 Å². The second kappa shape index (κ2) is 6.97. The lowest BCUT2D eigenvalue weighted by Gasteiger charge is -2.28. The summed E-state index contributed by atoms with van der Waals surface area (Å²) in [4.78, 5) is 34.8. The number of hydrogen-bond acceptors (Lipinski definition) is 5. The molecule has 5 N–H and O–H groups in total. The second-order valence-corrected chi connectivity index (χ2v) is 7.09. The van der Waals surface area contributed by atoms with Crippen LogP contribution in [0.25, 0.3) is 0 Å². The highest BCUT2D eigenvalue weighted by atomic mass is 32.2. The maximum Gasteiger partial charge on any atom is 0.321 e. The minimum absolute atomic E-state index is 0.0129. The number of carbonyl (C=O) groups excluding carboxylic acids is 3. The van der Waals surface area contributed by atoms with Crippen LogP contribution in [0.3, 0.4) is 0 Å². The van der Waals surface area contributed by atoms with E-state index in [-0.39, 0.29) is 23.8 Å². The van der Waals surface area contributed by atoms with Crippen LogP contribution >= 0.6 is 0 Å². The van der Waals surface area contributed by atoms with Gasteiger partial charge in [-0.3, -0.25) is 14.9 Å². The van der Waals surface area contributed by atoms with Crippen LogP contribution in [-0.2, 0) is 26.2 Å². The molecular formula is C14H18N4O5S. The summed E-state index contributed by atoms with van der Waals surface area (Å²) in [6.45, 7) is 1.83. The summed E-state index contributed by atoms with van der Waals surface area (Å²) < 4.78 is 22.3. The molecule has 10 heteroatoms. The van der Waals surface area contributed by atoms with Crippen molar-refractivity contribution in [1.82, 2.24) is 16.0 Å². The normalized spacial score (nSPS) is 20.9. The molecule has 9 nitrogen and oxygen atoms in total. The number of rotatable bonds is 5. The van der Waals surface area contributed by atoms with Crippen molar-refractivity contribution in [3.8, 4) is 0 Å². The summed E-state index contributed by atoms with van der Waals surface area (Å²) in [5.41, 5.74) is 0.685. The molecular weight excluding hydrogens is 336 g/mol. The van der Waals surface area contributed by atoms with Gasteiger partial charge in [0, 0.05) is 19.0 Å². The molecule has 1 aromatic carbocycles. The van der Waals surface area contributed by atoms with Gasteiger partial charge >= 0.3 is 6.03 Å². The molecule has 0 saturated carbocycles. The molecule has 2 unspecified atom stereocenters. The van der Waals surface area contributed by atoms with E-state index in [2.05, 4.69) is 16.0 Å². The van der Waals surface area contributed by atoms with Gasteiger partial charge in [-0.25, -0.2) is 18.4 Å². The van der Waals surface area contributed by atoms with Gasteiger partial charge in [0.05, 0.1) is 10.8 Å². The molecule has 2 rings (SSSR count). The SMILES string of the molecule is CC1NC(=O)NC(=O)C1CC(=O)NCc1ccc(S(N)(=O)=O)cc1. The molecule has 0 radical (unpaired) electrons. The van der Waals surface area contributed by atoms with E-state index in [1.807, 2.05) is 0 Å². The number of imide groups is 1. The maximum absolute atomic E-state index is 12.0. The van der Waals surface area contributed by atoms with Crippen LogP contribution in [0, 0.1) is 5.92 Å². The number of amides is 4. The van der Waals surface area contributed by atoms with E-state index < -0.39 is 33.9 Å². The third-order valence-corrected chi connectivity index (χ3v) is 4.61. The molecule has 130 valence electrons. The van der Waals surface area contributed by atoms with Gasteiger partial charge in [0.1, 0.15) is 0 Å². The summed E-state index contributed by atoms with van der Waals surface area (Å²) in [6.07, 6.45) is -0.0669.